The van der Waals surface area contributed by atoms with E-state index in [-0.39, 0.29) is 53.3 Å². The lowest BCUT2D eigenvalue weighted by Crippen LogP contribution is -2.40. The number of ether oxygens (including phenoxy) is 4. The molecular weight excluding hydrogens is 632 g/mol. The highest BCUT2D eigenvalue weighted by Crippen LogP contribution is 2.53. The van der Waals surface area contributed by atoms with Gasteiger partial charge in [-0.1, -0.05) is 0 Å². The Morgan fingerprint density at radius 3 is 1.83 bits per heavy atom. The zero-order chi connectivity index (χ0) is 34.9. The highest BCUT2D eigenvalue weighted by atomic mass is 16.5. The Hall–Kier alpha value is -5.34. The zero-order valence-electron chi connectivity index (χ0n) is 26.2. The molecule has 0 amide bonds. The maximum Gasteiger partial charge on any atom is 0.308 e. The van der Waals surface area contributed by atoms with Crippen LogP contribution in [-0.4, -0.2) is 58.8 Å². The van der Waals surface area contributed by atoms with Gasteiger partial charge in [0.1, 0.15) is 23.0 Å². The number of phenolic OH excluding ortho intramolecular Hbond substituents is 4. The molecule has 4 atom stereocenters. The Bertz CT molecular complexity index is 2340. The van der Waals surface area contributed by atoms with E-state index in [0.717, 1.165) is 12.1 Å². The van der Waals surface area contributed by atoms with Crippen LogP contribution in [-0.2, 0) is 41.4 Å². The van der Waals surface area contributed by atoms with E-state index >= 15 is 0 Å². The van der Waals surface area contributed by atoms with Gasteiger partial charge in [-0.15, -0.1) is 0 Å². The topological polar surface area (TPSA) is 220 Å². The van der Waals surface area contributed by atoms with Crippen molar-refractivity contribution in [1.29, 1.82) is 0 Å². The van der Waals surface area contributed by atoms with Gasteiger partial charge in [-0.2, -0.15) is 0 Å². The molecule has 6 rings (SSSR count). The first-order valence-corrected chi connectivity index (χ1v) is 15.0. The molecule has 0 saturated heterocycles. The number of esters is 2. The summed E-state index contributed by atoms with van der Waals surface area (Å²) in [6.45, 7) is 3.00. The molecule has 0 spiro atoms. The van der Waals surface area contributed by atoms with E-state index < -0.39 is 108 Å². The van der Waals surface area contributed by atoms with Crippen molar-refractivity contribution in [1.82, 2.24) is 0 Å². The van der Waals surface area contributed by atoms with Crippen molar-refractivity contribution in [2.75, 3.05) is 14.2 Å². The second-order valence-electron chi connectivity index (χ2n) is 12.0. The molecule has 48 heavy (non-hydrogen) atoms. The number of fused-ring (bicyclic) bond motifs is 3. The van der Waals surface area contributed by atoms with E-state index in [0.29, 0.717) is 0 Å². The number of aromatic hydroxyl groups is 4. The largest absolute Gasteiger partial charge is 0.507 e. The molecule has 0 aromatic heterocycles. The molecule has 250 valence electrons. The minimum absolute atomic E-state index is 0.0501. The zero-order valence-corrected chi connectivity index (χ0v) is 26.2. The molecule has 0 radical (unpaired) electrons. The van der Waals surface area contributed by atoms with Crippen LogP contribution in [0, 0.1) is 10.4 Å². The van der Waals surface area contributed by atoms with E-state index in [9.17, 15) is 49.2 Å². The predicted molar refractivity (Wildman–Crippen MR) is 166 cm³/mol. The summed E-state index contributed by atoms with van der Waals surface area (Å²) in [4.78, 5) is 78.4. The van der Waals surface area contributed by atoms with Crippen LogP contribution in [0.4, 0.5) is 0 Å². The van der Waals surface area contributed by atoms with Gasteiger partial charge in [0.2, 0.25) is 0 Å². The smallest absolute Gasteiger partial charge is 0.308 e. The molecule has 14 heteroatoms. The average Bonchev–Trinajstić information content (AvgIpc) is 3.03. The number of benzene rings is 2. The van der Waals surface area contributed by atoms with Gasteiger partial charge in [0, 0.05) is 46.2 Å². The maximum absolute atomic E-state index is 13.9. The lowest BCUT2D eigenvalue weighted by molar-refractivity contribution is -0.146. The molecule has 4 N–H and O–H groups in total. The van der Waals surface area contributed by atoms with Crippen molar-refractivity contribution >= 4 is 22.7 Å². The first-order valence-electron chi connectivity index (χ1n) is 15.0. The summed E-state index contributed by atoms with van der Waals surface area (Å²) in [5.41, 5.74) is -4.89. The third-order valence-electron chi connectivity index (χ3n) is 9.16. The SMILES string of the molecule is COC(=O)C[C@@H]1Cc2c(c(O)c3c(O)c(-c4cc(=O)c5c(=O)c6c(c(=O)c=5c4=O)[C@H](C)O[C@H](CC(=O)OC)C6)cc(O)c3c2O)[C@H](C)O1. The van der Waals surface area contributed by atoms with Crippen molar-refractivity contribution in [2.24, 2.45) is 0 Å². The number of carbonyl (C=O) groups is 2. The fourth-order valence-corrected chi connectivity index (χ4v) is 7.04. The van der Waals surface area contributed by atoms with Crippen molar-refractivity contribution in [2.45, 2.75) is 63.9 Å². The van der Waals surface area contributed by atoms with Crippen LogP contribution < -0.4 is 21.7 Å². The fourth-order valence-electron chi connectivity index (χ4n) is 7.04. The van der Waals surface area contributed by atoms with Gasteiger partial charge in [0.25, 0.3) is 0 Å². The average molecular weight is 663 g/mol. The van der Waals surface area contributed by atoms with Gasteiger partial charge in [-0.3, -0.25) is 28.8 Å². The highest BCUT2D eigenvalue weighted by Gasteiger charge is 2.36. The Morgan fingerprint density at radius 1 is 0.688 bits per heavy atom. The Kier molecular flexibility index (Phi) is 7.96. The van der Waals surface area contributed by atoms with Crippen LogP contribution in [0.25, 0.3) is 21.9 Å². The third-order valence-corrected chi connectivity index (χ3v) is 9.16. The highest BCUT2D eigenvalue weighted by molar-refractivity contribution is 6.07. The number of rotatable bonds is 5. The van der Waals surface area contributed by atoms with E-state index in [4.69, 9.17) is 14.2 Å². The number of hydrogen-bond acceptors (Lipinski definition) is 14. The van der Waals surface area contributed by atoms with E-state index in [1.165, 1.54) is 28.1 Å². The summed E-state index contributed by atoms with van der Waals surface area (Å²) in [6.07, 6.45) is -4.08. The summed E-state index contributed by atoms with van der Waals surface area (Å²) < 4.78 is 21.0. The molecule has 14 nitrogen and oxygen atoms in total. The van der Waals surface area contributed by atoms with Gasteiger partial charge < -0.3 is 39.4 Å². The molecular formula is C34H30O14. The Balaban J connectivity index is 1.58. The monoisotopic (exact) mass is 662 g/mol. The van der Waals surface area contributed by atoms with Crippen LogP contribution in [0.15, 0.2) is 31.3 Å². The number of carbonyl (C=O) groups excluding carboxylic acids is 2. The Labute approximate surface area is 269 Å². The third kappa shape index (κ3) is 4.86. The predicted octanol–water partition coefficient (Wildman–Crippen LogP) is 1.50. The first kappa shape index (κ1) is 32.6. The van der Waals surface area contributed by atoms with E-state index in [2.05, 4.69) is 4.74 Å². The molecule has 2 heterocycles. The Morgan fingerprint density at radius 2 is 1.25 bits per heavy atom. The molecule has 2 aromatic rings. The number of methoxy groups -OCH3 is 2. The van der Waals surface area contributed by atoms with Crippen LogP contribution in [0.5, 0.6) is 23.0 Å². The van der Waals surface area contributed by atoms with Crippen molar-refractivity contribution in [3.05, 3.63) is 85.7 Å². The number of hydrogen-bond donors (Lipinski definition) is 4. The second-order valence-corrected chi connectivity index (χ2v) is 12.0. The van der Waals surface area contributed by atoms with Crippen molar-refractivity contribution in [3.63, 3.8) is 0 Å². The van der Waals surface area contributed by atoms with Crippen LogP contribution >= 0.6 is 0 Å². The summed E-state index contributed by atoms with van der Waals surface area (Å²) in [7, 11) is 2.39. The lowest BCUT2D eigenvalue weighted by Gasteiger charge is -2.32. The summed E-state index contributed by atoms with van der Waals surface area (Å²) in [5.74, 6) is -3.79. The van der Waals surface area contributed by atoms with Gasteiger partial charge in [0.15, 0.2) is 21.7 Å². The summed E-state index contributed by atoms with van der Waals surface area (Å²) in [5, 5.41) is 43.0. The standard InChI is InChI=1S/C34H30O14/c1-11-23-17(5-13(47-11)7-21(37)45-3)31(41)25-19(35)9-15(29(39)27(25)33(23)43)16-10-20(36)26-28(30(16)40)34(44)24-12(2)48-14(8-22(38)46-4)6-18(24)32(26)42/h9-14,35,39,41,43H,5-8H2,1-4H3/t11-,12-,13-,14-/m0/s1. The molecule has 2 aliphatic heterocycles. The first-order chi connectivity index (χ1) is 22.7. The summed E-state index contributed by atoms with van der Waals surface area (Å²) >= 11 is 0. The molecule has 2 aliphatic carbocycles. The maximum atomic E-state index is 13.9. The van der Waals surface area contributed by atoms with E-state index in [1.54, 1.807) is 0 Å². The van der Waals surface area contributed by atoms with Crippen molar-refractivity contribution in [3.8, 4) is 34.1 Å². The normalized spacial score (nSPS) is 20.3. The quantitative estimate of drug-likeness (QED) is 0.176. The van der Waals surface area contributed by atoms with E-state index in [1.807, 2.05) is 0 Å². The summed E-state index contributed by atoms with van der Waals surface area (Å²) in [6, 6.07) is 1.65. The molecule has 0 bridgehead atoms. The minimum Gasteiger partial charge on any atom is -0.507 e. The number of phenols is 4. The molecule has 0 unspecified atom stereocenters. The molecule has 0 fully saturated rings. The van der Waals surface area contributed by atoms with Crippen LogP contribution in [0.2, 0.25) is 0 Å². The molecule has 2 aromatic carbocycles. The van der Waals surface area contributed by atoms with Gasteiger partial charge in [0.05, 0.1) is 72.7 Å². The van der Waals surface area contributed by atoms with Gasteiger partial charge >= 0.3 is 11.9 Å². The second kappa shape index (κ2) is 11.7. The van der Waals surface area contributed by atoms with Crippen molar-refractivity contribution < 1.29 is 49.0 Å². The van der Waals surface area contributed by atoms with Gasteiger partial charge in [-0.05, 0) is 26.0 Å². The molecule has 4 aliphatic rings. The van der Waals surface area contributed by atoms with Crippen LogP contribution in [0.3, 0.4) is 0 Å². The fraction of sp³-hybridized carbons (Fsp3) is 0.353. The van der Waals surface area contributed by atoms with Gasteiger partial charge in [-0.25, -0.2) is 0 Å². The van der Waals surface area contributed by atoms with Crippen LogP contribution in [0.1, 0.15) is 61.2 Å². The minimum atomic E-state index is -1.10. The lowest BCUT2D eigenvalue weighted by atomic mass is 9.86. The molecule has 0 saturated carbocycles.